The minimum atomic E-state index is -0.478. The van der Waals surface area contributed by atoms with Crippen molar-refractivity contribution in [3.8, 4) is 17.1 Å². The van der Waals surface area contributed by atoms with Crippen molar-refractivity contribution in [2.75, 3.05) is 38.2 Å². The maximum atomic E-state index is 11.6. The van der Waals surface area contributed by atoms with Gasteiger partial charge in [0.05, 0.1) is 19.2 Å². The van der Waals surface area contributed by atoms with Crippen LogP contribution in [0.2, 0.25) is 0 Å². The molecule has 0 saturated carbocycles. The van der Waals surface area contributed by atoms with E-state index in [1.54, 1.807) is 25.3 Å². The lowest BCUT2D eigenvalue weighted by Crippen LogP contribution is -2.30. The molecule has 0 bridgehead atoms. The molecule has 2 aromatic heterocycles. The molecule has 2 N–H and O–H groups in total. The van der Waals surface area contributed by atoms with Crippen LogP contribution in [0.15, 0.2) is 53.2 Å². The summed E-state index contributed by atoms with van der Waals surface area (Å²) in [6.07, 6.45) is 4.87. The highest BCUT2D eigenvalue weighted by Crippen LogP contribution is 2.32. The summed E-state index contributed by atoms with van der Waals surface area (Å²) in [5.74, 6) is 1.71. The molecule has 1 aliphatic rings. The van der Waals surface area contributed by atoms with Gasteiger partial charge in [-0.25, -0.2) is 0 Å². The zero-order chi connectivity index (χ0) is 21.8. The fraction of sp³-hybridized carbons (Fsp3) is 0.333. The van der Waals surface area contributed by atoms with Crippen LogP contribution in [0.1, 0.15) is 28.1 Å². The number of benzene rings is 1. The summed E-state index contributed by atoms with van der Waals surface area (Å²) in [5, 5.41) is 0. The highest BCUT2D eigenvalue weighted by Gasteiger charge is 2.19. The van der Waals surface area contributed by atoms with Gasteiger partial charge in [-0.15, -0.1) is 0 Å². The van der Waals surface area contributed by atoms with Crippen LogP contribution in [0.3, 0.4) is 0 Å². The third-order valence-electron chi connectivity index (χ3n) is 5.71. The van der Waals surface area contributed by atoms with Gasteiger partial charge in [-0.2, -0.15) is 0 Å². The molecule has 162 valence electrons. The molecule has 0 atom stereocenters. The van der Waals surface area contributed by atoms with E-state index in [1.807, 2.05) is 24.5 Å². The zero-order valence-electron chi connectivity index (χ0n) is 18.0. The van der Waals surface area contributed by atoms with E-state index in [9.17, 15) is 4.79 Å². The summed E-state index contributed by atoms with van der Waals surface area (Å²) in [4.78, 5) is 20.6. The molecule has 0 unspecified atom stereocenters. The first kappa shape index (κ1) is 20.9. The van der Waals surface area contributed by atoms with Gasteiger partial charge >= 0.3 is 0 Å². The Morgan fingerprint density at radius 1 is 1.16 bits per heavy atom. The third kappa shape index (κ3) is 4.72. The van der Waals surface area contributed by atoms with Gasteiger partial charge in [0.2, 0.25) is 5.91 Å². The van der Waals surface area contributed by atoms with Gasteiger partial charge in [0.25, 0.3) is 0 Å². The molecule has 1 saturated heterocycles. The van der Waals surface area contributed by atoms with Gasteiger partial charge in [0.15, 0.2) is 0 Å². The second-order valence-electron chi connectivity index (χ2n) is 7.82. The molecule has 3 aromatic rings. The number of aromatic nitrogens is 1. The maximum Gasteiger partial charge on any atom is 0.248 e. The van der Waals surface area contributed by atoms with Crippen LogP contribution in [0.4, 0.5) is 5.69 Å². The number of pyridine rings is 1. The van der Waals surface area contributed by atoms with E-state index in [2.05, 4.69) is 27.8 Å². The Morgan fingerprint density at radius 3 is 2.81 bits per heavy atom. The Labute approximate surface area is 182 Å². The van der Waals surface area contributed by atoms with Crippen molar-refractivity contribution >= 4 is 11.6 Å². The highest BCUT2D eigenvalue weighted by molar-refractivity contribution is 5.94. The van der Waals surface area contributed by atoms with Gasteiger partial charge in [-0.1, -0.05) is 0 Å². The van der Waals surface area contributed by atoms with Crippen molar-refractivity contribution in [1.82, 2.24) is 9.88 Å². The Balaban J connectivity index is 1.46. The topological polar surface area (TPSA) is 84.8 Å². The van der Waals surface area contributed by atoms with E-state index in [0.29, 0.717) is 17.1 Å². The van der Waals surface area contributed by atoms with Crippen molar-refractivity contribution in [2.45, 2.75) is 19.9 Å². The summed E-state index contributed by atoms with van der Waals surface area (Å²) < 4.78 is 11.6. The van der Waals surface area contributed by atoms with Crippen LogP contribution < -0.4 is 15.4 Å². The fourth-order valence-electron chi connectivity index (χ4n) is 4.07. The molecular weight excluding hydrogens is 392 g/mol. The molecule has 1 aliphatic heterocycles. The van der Waals surface area contributed by atoms with Crippen molar-refractivity contribution in [2.24, 2.45) is 5.73 Å². The summed E-state index contributed by atoms with van der Waals surface area (Å²) in [6.45, 7) is 6.81. The number of primary amides is 1. The van der Waals surface area contributed by atoms with Crippen molar-refractivity contribution in [3.05, 3.63) is 65.7 Å². The van der Waals surface area contributed by atoms with E-state index in [-0.39, 0.29) is 0 Å². The average Bonchev–Trinajstić information content (AvgIpc) is 3.11. The summed E-state index contributed by atoms with van der Waals surface area (Å²) >= 11 is 0. The van der Waals surface area contributed by atoms with E-state index >= 15 is 0 Å². The lowest BCUT2D eigenvalue weighted by molar-refractivity contribution is 0.100. The largest absolute Gasteiger partial charge is 0.496 e. The zero-order valence-corrected chi connectivity index (χ0v) is 18.0. The van der Waals surface area contributed by atoms with Gasteiger partial charge in [-0.3, -0.25) is 14.7 Å². The molecule has 0 aliphatic carbocycles. The number of carbonyl (C=O) groups is 1. The Bertz CT molecular complexity index is 1060. The molecule has 3 heterocycles. The molecule has 7 heteroatoms. The highest BCUT2D eigenvalue weighted by atomic mass is 16.5. The van der Waals surface area contributed by atoms with E-state index < -0.39 is 5.91 Å². The first-order chi connectivity index (χ1) is 15.0. The van der Waals surface area contributed by atoms with Crippen LogP contribution in [-0.2, 0) is 6.54 Å². The number of carbonyl (C=O) groups excluding carboxylic acids is 1. The van der Waals surface area contributed by atoms with Crippen LogP contribution in [0.5, 0.6) is 5.75 Å². The maximum absolute atomic E-state index is 11.6. The first-order valence-electron chi connectivity index (χ1n) is 10.5. The predicted octanol–water partition coefficient (Wildman–Crippen LogP) is 3.47. The number of anilines is 1. The molecule has 0 spiro atoms. The number of nitrogens with two attached hydrogens (primary N) is 1. The standard InChI is InChI=1S/C24H28N4O3/c1-17-15-26-9-8-21(17)28-11-3-10-27(12-13-28)16-19-5-7-23(31-19)20-14-18(24(25)29)4-6-22(20)30-2/h4-9,14-15H,3,10-13,16H2,1-2H3,(H2,25,29). The second-order valence-corrected chi connectivity index (χ2v) is 7.82. The molecule has 0 radical (unpaired) electrons. The summed E-state index contributed by atoms with van der Waals surface area (Å²) in [6, 6.07) is 11.1. The molecule has 1 amide bonds. The molecule has 1 fully saturated rings. The van der Waals surface area contributed by atoms with Gasteiger partial charge in [0, 0.05) is 49.8 Å². The molecule has 7 nitrogen and oxygen atoms in total. The number of rotatable bonds is 6. The first-order valence-corrected chi connectivity index (χ1v) is 10.5. The SMILES string of the molecule is COc1ccc(C(N)=O)cc1-c1ccc(CN2CCCN(c3ccncc3C)CC2)o1. The summed E-state index contributed by atoms with van der Waals surface area (Å²) in [7, 11) is 1.60. The number of hydrogen-bond donors (Lipinski definition) is 1. The van der Waals surface area contributed by atoms with E-state index in [4.69, 9.17) is 14.9 Å². The second kappa shape index (κ2) is 9.22. The fourth-order valence-corrected chi connectivity index (χ4v) is 4.07. The number of hydrogen-bond acceptors (Lipinski definition) is 6. The third-order valence-corrected chi connectivity index (χ3v) is 5.71. The Morgan fingerprint density at radius 2 is 2.03 bits per heavy atom. The van der Waals surface area contributed by atoms with Crippen molar-refractivity contribution in [3.63, 3.8) is 0 Å². The predicted molar refractivity (Wildman–Crippen MR) is 120 cm³/mol. The Kier molecular flexibility index (Phi) is 6.23. The summed E-state index contributed by atoms with van der Waals surface area (Å²) in [5.41, 5.74) is 9.05. The normalized spacial score (nSPS) is 15.0. The minimum absolute atomic E-state index is 0.424. The average molecular weight is 421 g/mol. The number of nitrogens with zero attached hydrogens (tertiary/aromatic N) is 3. The number of aryl methyl sites for hydroxylation is 1. The number of amides is 1. The van der Waals surface area contributed by atoms with Gasteiger partial charge in [-0.05, 0) is 55.3 Å². The van der Waals surface area contributed by atoms with Crippen molar-refractivity contribution < 1.29 is 13.9 Å². The quantitative estimate of drug-likeness (QED) is 0.657. The number of furan rings is 1. The van der Waals surface area contributed by atoms with E-state index in [0.717, 1.165) is 50.5 Å². The van der Waals surface area contributed by atoms with Gasteiger partial charge in [0.1, 0.15) is 17.3 Å². The molecule has 4 rings (SSSR count). The molecule has 1 aromatic carbocycles. The number of methoxy groups -OCH3 is 1. The molecule has 31 heavy (non-hydrogen) atoms. The minimum Gasteiger partial charge on any atom is -0.496 e. The smallest absolute Gasteiger partial charge is 0.248 e. The van der Waals surface area contributed by atoms with Crippen LogP contribution in [0.25, 0.3) is 11.3 Å². The van der Waals surface area contributed by atoms with Crippen LogP contribution in [0, 0.1) is 6.92 Å². The van der Waals surface area contributed by atoms with Crippen LogP contribution in [-0.4, -0.2) is 49.1 Å². The number of ether oxygens (including phenoxy) is 1. The lowest BCUT2D eigenvalue weighted by atomic mass is 10.1. The van der Waals surface area contributed by atoms with Gasteiger partial charge < -0.3 is 19.8 Å². The lowest BCUT2D eigenvalue weighted by Gasteiger charge is -2.24. The monoisotopic (exact) mass is 420 g/mol. The Hall–Kier alpha value is -3.32. The van der Waals surface area contributed by atoms with Crippen LogP contribution >= 0.6 is 0 Å². The molecular formula is C24H28N4O3. The van der Waals surface area contributed by atoms with Crippen molar-refractivity contribution in [1.29, 1.82) is 0 Å². The van der Waals surface area contributed by atoms with E-state index in [1.165, 1.54) is 11.3 Å².